The molecule has 0 radical (unpaired) electrons. The van der Waals surface area contributed by atoms with Crippen molar-refractivity contribution in [2.45, 2.75) is 50.7 Å². The first-order valence-corrected chi connectivity index (χ1v) is 9.18. The molecule has 3 amide bonds. The Balaban J connectivity index is 0.00000210. The molecule has 0 aromatic heterocycles. The normalized spacial score (nSPS) is 25.3. The number of carbonyl (C=O) groups excluding carboxylic acids is 2. The van der Waals surface area contributed by atoms with Crippen molar-refractivity contribution >= 4 is 47.6 Å². The number of aliphatic imine (C=N–C) groups is 1. The van der Waals surface area contributed by atoms with E-state index in [1.807, 2.05) is 37.1 Å². The standard InChI is InChI=1S/C19H25N5O2.HI/c1-19(13-6-7-13)16(25)24(18(26)22-19)15-5-3-4-12(10-15)11-21-17(20)23(2)14-8-9-14;/h3-5,10,13-14H,6-9,11H2,1-2H3,(H2,20,21)(H,22,26);1H. The van der Waals surface area contributed by atoms with Crippen molar-refractivity contribution in [3.8, 4) is 0 Å². The summed E-state index contributed by atoms with van der Waals surface area (Å²) < 4.78 is 0. The maximum absolute atomic E-state index is 12.9. The topological polar surface area (TPSA) is 91.0 Å². The van der Waals surface area contributed by atoms with Gasteiger partial charge in [-0.2, -0.15) is 0 Å². The van der Waals surface area contributed by atoms with Gasteiger partial charge in [-0.15, -0.1) is 24.0 Å². The van der Waals surface area contributed by atoms with Crippen LogP contribution in [0, 0.1) is 5.92 Å². The molecule has 2 saturated carbocycles. The lowest BCUT2D eigenvalue weighted by molar-refractivity contribution is -0.122. The van der Waals surface area contributed by atoms with Crippen molar-refractivity contribution in [3.05, 3.63) is 29.8 Å². The van der Waals surface area contributed by atoms with Gasteiger partial charge in [-0.3, -0.25) is 4.79 Å². The Bertz CT molecular complexity index is 790. The molecule has 1 aliphatic heterocycles. The summed E-state index contributed by atoms with van der Waals surface area (Å²) >= 11 is 0. The van der Waals surface area contributed by atoms with Crippen LogP contribution < -0.4 is 16.0 Å². The molecule has 1 unspecified atom stereocenters. The van der Waals surface area contributed by atoms with E-state index in [-0.39, 0.29) is 41.8 Å². The Hall–Kier alpha value is -1.84. The molecule has 3 fully saturated rings. The monoisotopic (exact) mass is 483 g/mol. The molecule has 2 aliphatic carbocycles. The molecule has 1 atom stereocenters. The average molecular weight is 483 g/mol. The Labute approximate surface area is 176 Å². The second-order valence-electron chi connectivity index (χ2n) is 7.73. The molecule has 0 spiro atoms. The van der Waals surface area contributed by atoms with Gasteiger partial charge < -0.3 is 16.0 Å². The Morgan fingerprint density at radius 2 is 2.04 bits per heavy atom. The van der Waals surface area contributed by atoms with Crippen LogP contribution in [0.3, 0.4) is 0 Å². The average Bonchev–Trinajstić information content (AvgIpc) is 3.50. The largest absolute Gasteiger partial charge is 0.370 e. The SMILES string of the molecule is CN(C(N)=NCc1cccc(N2C(=O)NC(C)(C3CC3)C2=O)c1)C1CC1.I. The van der Waals surface area contributed by atoms with E-state index >= 15 is 0 Å². The molecule has 8 heteroatoms. The van der Waals surface area contributed by atoms with E-state index in [1.54, 1.807) is 6.07 Å². The summed E-state index contributed by atoms with van der Waals surface area (Å²) in [5, 5.41) is 2.88. The van der Waals surface area contributed by atoms with Gasteiger partial charge in [0, 0.05) is 13.1 Å². The van der Waals surface area contributed by atoms with Gasteiger partial charge >= 0.3 is 6.03 Å². The van der Waals surface area contributed by atoms with Crippen LogP contribution in [0.25, 0.3) is 0 Å². The minimum absolute atomic E-state index is 0. The van der Waals surface area contributed by atoms with Crippen LogP contribution in [0.4, 0.5) is 10.5 Å². The predicted molar refractivity (Wildman–Crippen MR) is 115 cm³/mol. The van der Waals surface area contributed by atoms with E-state index in [4.69, 9.17) is 5.73 Å². The summed E-state index contributed by atoms with van der Waals surface area (Å²) in [5.74, 6) is 0.599. The zero-order valence-electron chi connectivity index (χ0n) is 15.6. The van der Waals surface area contributed by atoms with Crippen LogP contribution in [0.1, 0.15) is 38.2 Å². The van der Waals surface area contributed by atoms with Crippen molar-refractivity contribution < 1.29 is 9.59 Å². The number of amides is 3. The summed E-state index contributed by atoms with van der Waals surface area (Å²) in [4.78, 5) is 33.0. The van der Waals surface area contributed by atoms with E-state index in [0.29, 0.717) is 24.2 Å². The van der Waals surface area contributed by atoms with E-state index in [0.717, 1.165) is 31.2 Å². The lowest BCUT2D eigenvalue weighted by Crippen LogP contribution is -2.46. The molecular weight excluding hydrogens is 457 g/mol. The Morgan fingerprint density at radius 3 is 2.67 bits per heavy atom. The molecule has 1 aromatic carbocycles. The second-order valence-corrected chi connectivity index (χ2v) is 7.73. The van der Waals surface area contributed by atoms with E-state index < -0.39 is 5.54 Å². The summed E-state index contributed by atoms with van der Waals surface area (Å²) in [6.07, 6.45) is 4.29. The number of rotatable bonds is 5. The maximum atomic E-state index is 12.9. The van der Waals surface area contributed by atoms with Crippen LogP contribution in [-0.4, -0.2) is 41.4 Å². The fourth-order valence-corrected chi connectivity index (χ4v) is 3.55. The summed E-state index contributed by atoms with van der Waals surface area (Å²) in [6, 6.07) is 7.55. The third-order valence-electron chi connectivity index (χ3n) is 5.66. The highest BCUT2D eigenvalue weighted by Crippen LogP contribution is 2.43. The van der Waals surface area contributed by atoms with Gasteiger partial charge in [0.2, 0.25) is 0 Å². The zero-order valence-corrected chi connectivity index (χ0v) is 18.0. The summed E-state index contributed by atoms with van der Waals surface area (Å²) in [5.41, 5.74) is 6.75. The van der Waals surface area contributed by atoms with Crippen LogP contribution in [0.2, 0.25) is 0 Å². The predicted octanol–water partition coefficient (Wildman–Crippen LogP) is 2.44. The van der Waals surface area contributed by atoms with Crippen LogP contribution in [0.15, 0.2) is 29.3 Å². The van der Waals surface area contributed by atoms with E-state index in [9.17, 15) is 9.59 Å². The number of carbonyl (C=O) groups is 2. The molecule has 1 aromatic rings. The summed E-state index contributed by atoms with van der Waals surface area (Å²) in [7, 11) is 1.96. The van der Waals surface area contributed by atoms with Crippen molar-refractivity contribution in [1.29, 1.82) is 0 Å². The Morgan fingerprint density at radius 1 is 1.33 bits per heavy atom. The molecule has 27 heavy (non-hydrogen) atoms. The minimum atomic E-state index is -0.775. The molecule has 4 rings (SSSR count). The molecule has 1 heterocycles. The molecule has 146 valence electrons. The highest BCUT2D eigenvalue weighted by molar-refractivity contribution is 14.0. The first-order valence-electron chi connectivity index (χ1n) is 9.18. The van der Waals surface area contributed by atoms with Crippen molar-refractivity contribution in [1.82, 2.24) is 10.2 Å². The number of imide groups is 1. The van der Waals surface area contributed by atoms with Crippen molar-refractivity contribution in [3.63, 3.8) is 0 Å². The number of hydrogen-bond acceptors (Lipinski definition) is 3. The quantitative estimate of drug-likeness (QED) is 0.292. The second kappa shape index (κ2) is 7.29. The van der Waals surface area contributed by atoms with Crippen LogP contribution in [0.5, 0.6) is 0 Å². The number of nitrogens with two attached hydrogens (primary N) is 1. The third kappa shape index (κ3) is 3.76. The van der Waals surface area contributed by atoms with Crippen molar-refractivity contribution in [2.24, 2.45) is 16.6 Å². The van der Waals surface area contributed by atoms with Gasteiger partial charge in [0.15, 0.2) is 5.96 Å². The highest BCUT2D eigenvalue weighted by Gasteiger charge is 2.56. The highest BCUT2D eigenvalue weighted by atomic mass is 127. The Kier molecular flexibility index (Phi) is 5.38. The number of halogens is 1. The number of nitrogens with one attached hydrogen (secondary N) is 1. The maximum Gasteiger partial charge on any atom is 0.329 e. The fraction of sp³-hybridized carbons (Fsp3) is 0.526. The number of benzene rings is 1. The van der Waals surface area contributed by atoms with Crippen molar-refractivity contribution in [2.75, 3.05) is 11.9 Å². The smallest absolute Gasteiger partial charge is 0.329 e. The first-order chi connectivity index (χ1) is 12.4. The molecule has 0 bridgehead atoms. The van der Waals surface area contributed by atoms with E-state index in [2.05, 4.69) is 10.3 Å². The third-order valence-corrected chi connectivity index (χ3v) is 5.66. The zero-order chi connectivity index (χ0) is 18.5. The fourth-order valence-electron chi connectivity index (χ4n) is 3.55. The molecule has 3 N–H and O–H groups in total. The molecule has 1 saturated heterocycles. The van der Waals surface area contributed by atoms with Gasteiger partial charge in [-0.25, -0.2) is 14.7 Å². The minimum Gasteiger partial charge on any atom is -0.370 e. The molecular formula is C19H26IN5O2. The van der Waals surface area contributed by atoms with Gasteiger partial charge in [-0.1, -0.05) is 12.1 Å². The number of nitrogens with zero attached hydrogens (tertiary/aromatic N) is 3. The van der Waals surface area contributed by atoms with Gasteiger partial charge in [-0.05, 0) is 56.2 Å². The lowest BCUT2D eigenvalue weighted by Gasteiger charge is -2.21. The van der Waals surface area contributed by atoms with Gasteiger partial charge in [0.1, 0.15) is 5.54 Å². The first kappa shape index (κ1) is 19.9. The number of anilines is 1. The van der Waals surface area contributed by atoms with Gasteiger partial charge in [0.25, 0.3) is 5.91 Å². The summed E-state index contributed by atoms with van der Waals surface area (Å²) in [6.45, 7) is 2.24. The van der Waals surface area contributed by atoms with E-state index in [1.165, 1.54) is 4.90 Å². The van der Waals surface area contributed by atoms with Gasteiger partial charge in [0.05, 0.1) is 12.2 Å². The lowest BCUT2D eigenvalue weighted by atomic mass is 9.96. The van der Waals surface area contributed by atoms with Crippen LogP contribution in [-0.2, 0) is 11.3 Å². The molecule has 7 nitrogen and oxygen atoms in total. The molecule has 3 aliphatic rings. The van der Waals surface area contributed by atoms with Crippen LogP contribution >= 0.6 is 24.0 Å². The number of guanidine groups is 1. The number of hydrogen-bond donors (Lipinski definition) is 2. The number of urea groups is 1.